The van der Waals surface area contributed by atoms with Crippen molar-refractivity contribution in [2.45, 2.75) is 0 Å². The molecule has 0 radical (unpaired) electrons. The first-order chi connectivity index (χ1) is 12.6. The van der Waals surface area contributed by atoms with Crippen molar-refractivity contribution >= 4 is 40.0 Å². The fourth-order valence-corrected chi connectivity index (χ4v) is 2.61. The highest BCUT2D eigenvalue weighted by molar-refractivity contribution is 7.13. The molecule has 1 heterocycles. The quantitative estimate of drug-likeness (QED) is 0.665. The first kappa shape index (κ1) is 17.5. The summed E-state index contributed by atoms with van der Waals surface area (Å²) < 4.78 is 12.8. The molecule has 5 nitrogen and oxygen atoms in total. The second kappa shape index (κ2) is 8.17. The lowest BCUT2D eigenvalue weighted by Gasteiger charge is -2.05. The fraction of sp³-hybridized carbons (Fsp3) is 0. The van der Waals surface area contributed by atoms with Crippen LogP contribution in [-0.4, -0.2) is 16.8 Å². The van der Waals surface area contributed by atoms with E-state index in [0.29, 0.717) is 16.4 Å². The van der Waals surface area contributed by atoms with E-state index in [1.807, 2.05) is 0 Å². The lowest BCUT2D eigenvalue weighted by atomic mass is 10.2. The summed E-state index contributed by atoms with van der Waals surface area (Å²) in [6, 6.07) is 12.3. The van der Waals surface area contributed by atoms with E-state index in [2.05, 4.69) is 15.6 Å². The van der Waals surface area contributed by atoms with Crippen LogP contribution in [-0.2, 0) is 4.79 Å². The van der Waals surface area contributed by atoms with Crippen LogP contribution >= 0.6 is 11.3 Å². The van der Waals surface area contributed by atoms with Crippen LogP contribution in [0, 0.1) is 5.82 Å². The number of nitrogens with zero attached hydrogens (tertiary/aromatic N) is 1. The summed E-state index contributed by atoms with van der Waals surface area (Å²) in [7, 11) is 0. The van der Waals surface area contributed by atoms with Gasteiger partial charge in [0, 0.05) is 28.9 Å². The second-order valence-electron chi connectivity index (χ2n) is 5.24. The molecule has 2 aromatic carbocycles. The van der Waals surface area contributed by atoms with Crippen LogP contribution in [0.15, 0.2) is 66.2 Å². The summed E-state index contributed by atoms with van der Waals surface area (Å²) in [6.45, 7) is 0. The molecule has 0 spiro atoms. The van der Waals surface area contributed by atoms with Crippen molar-refractivity contribution in [3.63, 3.8) is 0 Å². The normalized spacial score (nSPS) is 10.7. The maximum Gasteiger partial charge on any atom is 0.257 e. The molecule has 0 bridgehead atoms. The van der Waals surface area contributed by atoms with Gasteiger partial charge in [0.1, 0.15) is 5.82 Å². The summed E-state index contributed by atoms with van der Waals surface area (Å²) in [5.74, 6) is -0.922. The van der Waals surface area contributed by atoms with Gasteiger partial charge in [-0.15, -0.1) is 11.3 Å². The van der Waals surface area contributed by atoms with E-state index < -0.39 is 0 Å². The Labute approximate surface area is 153 Å². The topological polar surface area (TPSA) is 71.1 Å². The van der Waals surface area contributed by atoms with Gasteiger partial charge in [0.2, 0.25) is 5.91 Å². The Kier molecular flexibility index (Phi) is 5.50. The Hall–Kier alpha value is -3.32. The molecule has 1 aromatic heterocycles. The average molecular weight is 367 g/mol. The minimum Gasteiger partial charge on any atom is -0.323 e. The minimum absolute atomic E-state index is 0.269. The predicted molar refractivity (Wildman–Crippen MR) is 101 cm³/mol. The standard InChI is InChI=1S/C19H14FN3O2S/c20-15-6-1-13(2-7-15)3-10-17(24)22-16-8-4-14(5-9-16)18(25)23-19-21-11-12-26-19/h1-12H,(H,22,24)(H,21,23,25)/b10-3+. The van der Waals surface area contributed by atoms with Crippen LogP contribution in [0.2, 0.25) is 0 Å². The Morgan fingerprint density at radius 2 is 1.73 bits per heavy atom. The highest BCUT2D eigenvalue weighted by Gasteiger charge is 2.07. The lowest BCUT2D eigenvalue weighted by molar-refractivity contribution is -0.111. The van der Waals surface area contributed by atoms with E-state index in [9.17, 15) is 14.0 Å². The molecular formula is C19H14FN3O2S. The van der Waals surface area contributed by atoms with Gasteiger partial charge < -0.3 is 5.32 Å². The third kappa shape index (κ3) is 4.84. The van der Waals surface area contributed by atoms with Gasteiger partial charge in [0.15, 0.2) is 5.13 Å². The van der Waals surface area contributed by atoms with Crippen LogP contribution in [0.1, 0.15) is 15.9 Å². The van der Waals surface area contributed by atoms with Crippen molar-refractivity contribution in [2.75, 3.05) is 10.6 Å². The van der Waals surface area contributed by atoms with E-state index in [1.54, 1.807) is 54.1 Å². The third-order valence-electron chi connectivity index (χ3n) is 3.36. The molecule has 0 atom stereocenters. The van der Waals surface area contributed by atoms with Gasteiger partial charge in [-0.2, -0.15) is 0 Å². The Morgan fingerprint density at radius 3 is 2.38 bits per heavy atom. The summed E-state index contributed by atoms with van der Waals surface area (Å²) in [4.78, 5) is 28.0. The zero-order chi connectivity index (χ0) is 18.4. The number of carbonyl (C=O) groups excluding carboxylic acids is 2. The van der Waals surface area contributed by atoms with Gasteiger partial charge in [-0.25, -0.2) is 9.37 Å². The highest BCUT2D eigenvalue weighted by Crippen LogP contribution is 2.14. The zero-order valence-corrected chi connectivity index (χ0v) is 14.3. The SMILES string of the molecule is O=C(/C=C/c1ccc(F)cc1)Nc1ccc(C(=O)Nc2nccs2)cc1. The summed E-state index contributed by atoms with van der Waals surface area (Å²) in [6.07, 6.45) is 4.55. The summed E-state index contributed by atoms with van der Waals surface area (Å²) in [5.41, 5.74) is 1.74. The monoisotopic (exact) mass is 367 g/mol. The molecule has 130 valence electrons. The summed E-state index contributed by atoms with van der Waals surface area (Å²) in [5, 5.41) is 7.68. The number of benzene rings is 2. The molecule has 3 aromatic rings. The Morgan fingerprint density at radius 1 is 1.00 bits per heavy atom. The third-order valence-corrected chi connectivity index (χ3v) is 4.05. The number of hydrogen-bond acceptors (Lipinski definition) is 4. The molecule has 2 amide bonds. The number of aromatic nitrogens is 1. The van der Waals surface area contributed by atoms with Gasteiger partial charge in [0.05, 0.1) is 0 Å². The maximum absolute atomic E-state index is 12.8. The van der Waals surface area contributed by atoms with Crippen molar-refractivity contribution in [3.05, 3.63) is 83.1 Å². The van der Waals surface area contributed by atoms with Crippen molar-refractivity contribution in [1.82, 2.24) is 4.98 Å². The maximum atomic E-state index is 12.8. The highest BCUT2D eigenvalue weighted by atomic mass is 32.1. The van der Waals surface area contributed by atoms with Crippen LogP contribution in [0.3, 0.4) is 0 Å². The lowest BCUT2D eigenvalue weighted by Crippen LogP contribution is -2.12. The van der Waals surface area contributed by atoms with Gasteiger partial charge in [-0.3, -0.25) is 14.9 Å². The average Bonchev–Trinajstić information content (AvgIpc) is 3.15. The van der Waals surface area contributed by atoms with Crippen LogP contribution < -0.4 is 10.6 Å². The number of halogens is 1. The van der Waals surface area contributed by atoms with Crippen molar-refractivity contribution < 1.29 is 14.0 Å². The number of carbonyl (C=O) groups is 2. The van der Waals surface area contributed by atoms with E-state index in [1.165, 1.54) is 29.5 Å². The molecule has 0 saturated heterocycles. The molecule has 7 heteroatoms. The number of amides is 2. The smallest absolute Gasteiger partial charge is 0.257 e. The van der Waals surface area contributed by atoms with Gasteiger partial charge in [-0.1, -0.05) is 12.1 Å². The van der Waals surface area contributed by atoms with Crippen LogP contribution in [0.25, 0.3) is 6.08 Å². The minimum atomic E-state index is -0.328. The largest absolute Gasteiger partial charge is 0.323 e. The van der Waals surface area contributed by atoms with E-state index >= 15 is 0 Å². The first-order valence-corrected chi connectivity index (χ1v) is 8.54. The molecule has 3 rings (SSSR count). The molecule has 0 aliphatic carbocycles. The molecular weight excluding hydrogens is 353 g/mol. The molecule has 26 heavy (non-hydrogen) atoms. The van der Waals surface area contributed by atoms with Crippen LogP contribution in [0.5, 0.6) is 0 Å². The van der Waals surface area contributed by atoms with Gasteiger partial charge >= 0.3 is 0 Å². The zero-order valence-electron chi connectivity index (χ0n) is 13.5. The van der Waals surface area contributed by atoms with Gasteiger partial charge in [-0.05, 0) is 48.0 Å². The molecule has 0 aliphatic heterocycles. The first-order valence-electron chi connectivity index (χ1n) is 7.66. The Balaban J connectivity index is 1.57. The Bertz CT molecular complexity index is 920. The van der Waals surface area contributed by atoms with E-state index in [-0.39, 0.29) is 17.6 Å². The molecule has 2 N–H and O–H groups in total. The number of rotatable bonds is 5. The van der Waals surface area contributed by atoms with E-state index in [4.69, 9.17) is 0 Å². The second-order valence-corrected chi connectivity index (χ2v) is 6.14. The molecule has 0 aliphatic rings. The van der Waals surface area contributed by atoms with Crippen molar-refractivity contribution in [1.29, 1.82) is 0 Å². The van der Waals surface area contributed by atoms with Gasteiger partial charge in [0.25, 0.3) is 5.91 Å². The molecule has 0 saturated carbocycles. The number of nitrogens with one attached hydrogen (secondary N) is 2. The van der Waals surface area contributed by atoms with Crippen LogP contribution in [0.4, 0.5) is 15.2 Å². The number of anilines is 2. The number of hydrogen-bond donors (Lipinski definition) is 2. The van der Waals surface area contributed by atoms with Crippen molar-refractivity contribution in [2.24, 2.45) is 0 Å². The predicted octanol–water partition coefficient (Wildman–Crippen LogP) is 4.19. The summed E-state index contributed by atoms with van der Waals surface area (Å²) >= 11 is 1.33. The van der Waals surface area contributed by atoms with E-state index in [0.717, 1.165) is 5.56 Å². The van der Waals surface area contributed by atoms with Crippen molar-refractivity contribution in [3.8, 4) is 0 Å². The number of thiazole rings is 1. The molecule has 0 fully saturated rings. The molecule has 0 unspecified atom stereocenters. The fourth-order valence-electron chi connectivity index (χ4n) is 2.09.